The van der Waals surface area contributed by atoms with Crippen molar-refractivity contribution in [2.75, 3.05) is 11.5 Å². The number of ether oxygens (including phenoxy) is 1. The van der Waals surface area contributed by atoms with Gasteiger partial charge >= 0.3 is 5.97 Å². The Bertz CT molecular complexity index is 587. The van der Waals surface area contributed by atoms with Gasteiger partial charge < -0.3 is 16.2 Å². The topological polar surface area (TPSA) is 95.4 Å². The highest BCUT2D eigenvalue weighted by molar-refractivity contribution is 7.99. The third-order valence-electron chi connectivity index (χ3n) is 3.85. The summed E-state index contributed by atoms with van der Waals surface area (Å²) in [5.74, 6) is 0.507. The van der Waals surface area contributed by atoms with Crippen LogP contribution in [0.5, 0.6) is 0 Å². The molecule has 0 saturated carbocycles. The lowest BCUT2D eigenvalue weighted by atomic mass is 9.85. The molecule has 1 amide bonds. The van der Waals surface area contributed by atoms with Gasteiger partial charge in [-0.3, -0.25) is 9.59 Å². The van der Waals surface area contributed by atoms with Crippen LogP contribution in [0.15, 0.2) is 30.8 Å². The van der Waals surface area contributed by atoms with Gasteiger partial charge in [0.05, 0.1) is 11.8 Å². The fourth-order valence-corrected chi connectivity index (χ4v) is 3.55. The zero-order valence-electron chi connectivity index (χ0n) is 15.0. The van der Waals surface area contributed by atoms with Crippen molar-refractivity contribution < 1.29 is 14.3 Å². The molecule has 1 aromatic rings. The first-order valence-corrected chi connectivity index (χ1v) is 9.42. The monoisotopic (exact) mass is 364 g/mol. The highest BCUT2D eigenvalue weighted by Gasteiger charge is 2.31. The number of nitrogens with two attached hydrogens (primary N) is 2. The van der Waals surface area contributed by atoms with E-state index < -0.39 is 5.41 Å². The molecule has 5 nitrogen and oxygen atoms in total. The summed E-state index contributed by atoms with van der Waals surface area (Å²) >= 11 is 1.52. The molecule has 0 fully saturated rings. The van der Waals surface area contributed by atoms with Crippen molar-refractivity contribution in [1.29, 1.82) is 0 Å². The predicted molar refractivity (Wildman–Crippen MR) is 104 cm³/mol. The fraction of sp³-hybridized carbons (Fsp3) is 0.474. The molecular weight excluding hydrogens is 336 g/mol. The van der Waals surface area contributed by atoms with E-state index in [1.165, 1.54) is 11.8 Å². The van der Waals surface area contributed by atoms with Crippen LogP contribution >= 0.6 is 11.8 Å². The van der Waals surface area contributed by atoms with Crippen LogP contribution in [0.25, 0.3) is 6.08 Å². The van der Waals surface area contributed by atoms with Crippen LogP contribution in [-0.2, 0) is 20.9 Å². The van der Waals surface area contributed by atoms with Crippen LogP contribution < -0.4 is 11.5 Å². The number of rotatable bonds is 11. The number of thioether (sulfide) groups is 1. The normalized spacial score (nSPS) is 14.4. The van der Waals surface area contributed by atoms with Gasteiger partial charge in [0.25, 0.3) is 0 Å². The third-order valence-corrected chi connectivity index (χ3v) is 5.19. The number of hydrogen-bond donors (Lipinski definition) is 2. The summed E-state index contributed by atoms with van der Waals surface area (Å²) in [4.78, 5) is 23.5. The van der Waals surface area contributed by atoms with Crippen molar-refractivity contribution in [3.63, 3.8) is 0 Å². The predicted octanol–water partition coefficient (Wildman–Crippen LogP) is 2.72. The van der Waals surface area contributed by atoms with Gasteiger partial charge in [-0.05, 0) is 31.4 Å². The van der Waals surface area contributed by atoms with E-state index in [0.717, 1.165) is 11.1 Å². The minimum Gasteiger partial charge on any atom is -0.461 e. The molecule has 0 spiro atoms. The third kappa shape index (κ3) is 7.75. The number of carbonyl (C=O) groups excluding carboxylic acids is 2. The second kappa shape index (κ2) is 10.3. The van der Waals surface area contributed by atoms with E-state index in [1.54, 1.807) is 6.08 Å². The quantitative estimate of drug-likeness (QED) is 0.465. The Hall–Kier alpha value is -1.79. The second-order valence-electron chi connectivity index (χ2n) is 6.52. The molecule has 2 unspecified atom stereocenters. The standard InChI is InChI=1S/C19H28N2O3S/c1-4-15-5-7-16(8-6-15)12-24-17(22)9-10-25-13-19(3,18(21)23)11-14(2)20/h4-8,14H,1,9-13,20H2,2-3H3,(H2,21,23). The van der Waals surface area contributed by atoms with Gasteiger partial charge in [-0.2, -0.15) is 11.8 Å². The van der Waals surface area contributed by atoms with Crippen molar-refractivity contribution in [2.24, 2.45) is 16.9 Å². The zero-order valence-corrected chi connectivity index (χ0v) is 15.8. The average molecular weight is 365 g/mol. The number of esters is 1. The highest BCUT2D eigenvalue weighted by atomic mass is 32.2. The summed E-state index contributed by atoms with van der Waals surface area (Å²) in [6, 6.07) is 7.57. The Balaban J connectivity index is 2.31. The van der Waals surface area contributed by atoms with Crippen molar-refractivity contribution in [3.05, 3.63) is 42.0 Å². The van der Waals surface area contributed by atoms with Crippen molar-refractivity contribution in [1.82, 2.24) is 0 Å². The Morgan fingerprint density at radius 1 is 1.36 bits per heavy atom. The molecule has 1 aromatic carbocycles. The van der Waals surface area contributed by atoms with Crippen LogP contribution in [0.1, 0.15) is 37.8 Å². The number of benzene rings is 1. The molecule has 0 radical (unpaired) electrons. The summed E-state index contributed by atoms with van der Waals surface area (Å²) in [6.45, 7) is 7.62. The molecule has 0 aliphatic carbocycles. The summed E-state index contributed by atoms with van der Waals surface area (Å²) in [7, 11) is 0. The second-order valence-corrected chi connectivity index (χ2v) is 7.62. The van der Waals surface area contributed by atoms with E-state index in [1.807, 2.05) is 38.1 Å². The number of primary amides is 1. The minimum absolute atomic E-state index is 0.101. The molecule has 0 aliphatic rings. The zero-order chi connectivity index (χ0) is 18.9. The van der Waals surface area contributed by atoms with Crippen molar-refractivity contribution in [2.45, 2.75) is 39.3 Å². The van der Waals surface area contributed by atoms with Gasteiger partial charge in [0, 0.05) is 17.5 Å². The Morgan fingerprint density at radius 2 is 2.00 bits per heavy atom. The molecular formula is C19H28N2O3S. The van der Waals surface area contributed by atoms with Gasteiger partial charge in [0.15, 0.2) is 0 Å². The van der Waals surface area contributed by atoms with Crippen LogP contribution in [0.4, 0.5) is 0 Å². The van der Waals surface area contributed by atoms with E-state index in [4.69, 9.17) is 16.2 Å². The minimum atomic E-state index is -0.657. The molecule has 0 heterocycles. The maximum Gasteiger partial charge on any atom is 0.306 e. The summed E-state index contributed by atoms with van der Waals surface area (Å²) < 4.78 is 5.26. The van der Waals surface area contributed by atoms with E-state index in [9.17, 15) is 9.59 Å². The van der Waals surface area contributed by atoms with Gasteiger partial charge in [-0.25, -0.2) is 0 Å². The van der Waals surface area contributed by atoms with E-state index >= 15 is 0 Å². The fourth-order valence-electron chi connectivity index (χ4n) is 2.38. The van der Waals surface area contributed by atoms with Crippen LogP contribution in [0.3, 0.4) is 0 Å². The highest BCUT2D eigenvalue weighted by Crippen LogP contribution is 2.27. The molecule has 2 atom stereocenters. The first-order valence-electron chi connectivity index (χ1n) is 8.27. The van der Waals surface area contributed by atoms with Gasteiger partial charge in [0.1, 0.15) is 6.61 Å². The molecule has 0 aromatic heterocycles. The van der Waals surface area contributed by atoms with E-state index in [-0.39, 0.29) is 24.5 Å². The summed E-state index contributed by atoms with van der Waals surface area (Å²) in [5.41, 5.74) is 12.6. The molecule has 1 rings (SSSR count). The molecule has 6 heteroatoms. The Kier molecular flexibility index (Phi) is 8.72. The summed E-state index contributed by atoms with van der Waals surface area (Å²) in [5, 5.41) is 0. The van der Waals surface area contributed by atoms with Crippen molar-refractivity contribution >= 4 is 29.7 Å². The molecule has 0 bridgehead atoms. The number of carbonyl (C=O) groups is 2. The largest absolute Gasteiger partial charge is 0.461 e. The van der Waals surface area contributed by atoms with Crippen LogP contribution in [-0.4, -0.2) is 29.4 Å². The lowest BCUT2D eigenvalue weighted by Crippen LogP contribution is -2.40. The lowest BCUT2D eigenvalue weighted by molar-refractivity contribution is -0.144. The maximum atomic E-state index is 11.8. The SMILES string of the molecule is C=Cc1ccc(COC(=O)CCSCC(C)(CC(C)N)C(N)=O)cc1. The van der Waals surface area contributed by atoms with Crippen LogP contribution in [0.2, 0.25) is 0 Å². The molecule has 0 aliphatic heterocycles. The van der Waals surface area contributed by atoms with Gasteiger partial charge in [-0.15, -0.1) is 0 Å². The van der Waals surface area contributed by atoms with E-state index in [0.29, 0.717) is 24.3 Å². The van der Waals surface area contributed by atoms with Crippen molar-refractivity contribution in [3.8, 4) is 0 Å². The maximum absolute atomic E-state index is 11.8. The number of amides is 1. The smallest absolute Gasteiger partial charge is 0.306 e. The van der Waals surface area contributed by atoms with E-state index in [2.05, 4.69) is 6.58 Å². The van der Waals surface area contributed by atoms with Gasteiger partial charge in [0.2, 0.25) is 5.91 Å². The Labute approximate surface area is 154 Å². The molecule has 138 valence electrons. The molecule has 0 saturated heterocycles. The van der Waals surface area contributed by atoms with Crippen LogP contribution in [0, 0.1) is 5.41 Å². The van der Waals surface area contributed by atoms with Gasteiger partial charge in [-0.1, -0.05) is 36.9 Å². The Morgan fingerprint density at radius 3 is 2.52 bits per heavy atom. The lowest BCUT2D eigenvalue weighted by Gasteiger charge is -2.27. The average Bonchev–Trinajstić information content (AvgIpc) is 2.56. The first-order chi connectivity index (χ1) is 11.8. The first kappa shape index (κ1) is 21.3. The number of hydrogen-bond acceptors (Lipinski definition) is 5. The molecule has 4 N–H and O–H groups in total. The molecule has 25 heavy (non-hydrogen) atoms. The summed E-state index contributed by atoms with van der Waals surface area (Å²) in [6.07, 6.45) is 2.58.